The molecule has 3 N–H and O–H groups in total. The second-order valence-electron chi connectivity index (χ2n) is 9.73. The van der Waals surface area contributed by atoms with Crippen LogP contribution in [0.1, 0.15) is 61.6 Å². The van der Waals surface area contributed by atoms with Crippen LogP contribution in [0.2, 0.25) is 0 Å². The van der Waals surface area contributed by atoms with E-state index in [-0.39, 0.29) is 12.0 Å². The third-order valence-corrected chi connectivity index (χ3v) is 5.96. The Bertz CT molecular complexity index is 1040. The van der Waals surface area contributed by atoms with Gasteiger partial charge in [-0.05, 0) is 76.3 Å². The molecule has 1 saturated heterocycles. The normalized spacial score (nSPS) is 16.2. The highest BCUT2D eigenvalue weighted by atomic mass is 16.6. The number of fused-ring (bicyclic) bond motifs is 1. The van der Waals surface area contributed by atoms with Crippen LogP contribution in [-0.2, 0) is 17.7 Å². The van der Waals surface area contributed by atoms with Gasteiger partial charge in [0.25, 0.3) is 5.91 Å². The smallest absolute Gasteiger partial charge is 0.410 e. The summed E-state index contributed by atoms with van der Waals surface area (Å²) in [4.78, 5) is 34.0. The quantitative estimate of drug-likeness (QED) is 0.679. The largest absolute Gasteiger partial charge is 0.444 e. The second kappa shape index (κ2) is 9.29. The molecule has 2 aliphatic rings. The molecule has 2 aromatic rings. The van der Waals surface area contributed by atoms with Gasteiger partial charge in [-0.15, -0.1) is 0 Å². The zero-order valence-electron chi connectivity index (χ0n) is 19.7. The van der Waals surface area contributed by atoms with Crippen LogP contribution in [-0.4, -0.2) is 47.1 Å². The first-order chi connectivity index (χ1) is 15.7. The molecule has 2 amide bonds. The first kappa shape index (κ1) is 22.9. The number of piperidine rings is 1. The molecular formula is C25H33N5O3. The van der Waals surface area contributed by atoms with Crippen LogP contribution in [0, 0.1) is 0 Å². The lowest BCUT2D eigenvalue weighted by molar-refractivity contribution is 0.0221. The van der Waals surface area contributed by atoms with E-state index >= 15 is 0 Å². The molecule has 176 valence electrons. The van der Waals surface area contributed by atoms with Gasteiger partial charge >= 0.3 is 6.09 Å². The van der Waals surface area contributed by atoms with Gasteiger partial charge in [0, 0.05) is 31.0 Å². The number of hydrogen-bond acceptors (Lipinski definition) is 6. The molecular weight excluding hydrogens is 418 g/mol. The molecule has 8 heteroatoms. The molecule has 0 saturated carbocycles. The summed E-state index contributed by atoms with van der Waals surface area (Å²) in [5.41, 5.74) is 9.29. The number of nitrogen functional groups attached to an aromatic ring is 1. The highest BCUT2D eigenvalue weighted by molar-refractivity contribution is 6.08. The van der Waals surface area contributed by atoms with Crippen LogP contribution in [0.4, 0.5) is 22.0 Å². The molecule has 0 atom stereocenters. The highest BCUT2D eigenvalue weighted by Gasteiger charge is 2.27. The van der Waals surface area contributed by atoms with E-state index in [1.165, 1.54) is 6.42 Å². The Hall–Kier alpha value is -3.29. The molecule has 1 aromatic heterocycles. The van der Waals surface area contributed by atoms with E-state index in [2.05, 4.69) is 15.2 Å². The molecule has 3 heterocycles. The number of nitrogens with two attached hydrogens (primary N) is 1. The van der Waals surface area contributed by atoms with Gasteiger partial charge in [-0.3, -0.25) is 4.79 Å². The lowest BCUT2D eigenvalue weighted by Crippen LogP contribution is -2.40. The van der Waals surface area contributed by atoms with Crippen molar-refractivity contribution in [3.8, 4) is 0 Å². The Morgan fingerprint density at radius 1 is 1.06 bits per heavy atom. The number of amides is 2. The van der Waals surface area contributed by atoms with E-state index < -0.39 is 5.60 Å². The number of rotatable bonds is 3. The molecule has 33 heavy (non-hydrogen) atoms. The SMILES string of the molecule is CC(C)(C)OC(=O)N1CCc2ccc(NC(=O)c3cc(N4CCCCC4)ccc3N)nc2C1. The Morgan fingerprint density at radius 2 is 1.82 bits per heavy atom. The van der Waals surface area contributed by atoms with E-state index in [0.29, 0.717) is 36.6 Å². The summed E-state index contributed by atoms with van der Waals surface area (Å²) in [6, 6.07) is 9.37. The number of carbonyl (C=O) groups is 2. The number of carbonyl (C=O) groups excluding carboxylic acids is 2. The number of anilines is 3. The fraction of sp³-hybridized carbons (Fsp3) is 0.480. The van der Waals surface area contributed by atoms with Crippen LogP contribution in [0.25, 0.3) is 0 Å². The second-order valence-corrected chi connectivity index (χ2v) is 9.73. The van der Waals surface area contributed by atoms with Gasteiger partial charge in [-0.25, -0.2) is 9.78 Å². The first-order valence-electron chi connectivity index (χ1n) is 11.6. The van der Waals surface area contributed by atoms with Crippen molar-refractivity contribution in [2.75, 3.05) is 35.6 Å². The first-order valence-corrected chi connectivity index (χ1v) is 11.6. The van der Waals surface area contributed by atoms with Gasteiger partial charge in [0.05, 0.1) is 17.8 Å². The van der Waals surface area contributed by atoms with Crippen LogP contribution in [0.5, 0.6) is 0 Å². The number of nitrogens with zero attached hydrogens (tertiary/aromatic N) is 3. The fourth-order valence-corrected chi connectivity index (χ4v) is 4.24. The zero-order valence-corrected chi connectivity index (χ0v) is 19.7. The van der Waals surface area contributed by atoms with E-state index in [1.807, 2.05) is 39.0 Å². The Labute approximate surface area is 195 Å². The minimum absolute atomic E-state index is 0.293. The zero-order chi connectivity index (χ0) is 23.6. The van der Waals surface area contributed by atoms with Crippen LogP contribution in [0.15, 0.2) is 30.3 Å². The standard InChI is InChI=1S/C25H33N5O3/c1-25(2,3)33-24(32)30-14-11-17-7-10-22(27-21(17)16-30)28-23(31)19-15-18(8-9-20(19)26)29-12-5-4-6-13-29/h7-10,15H,4-6,11-14,16,26H2,1-3H3,(H,27,28,31). The molecule has 0 spiro atoms. The number of ether oxygens (including phenoxy) is 1. The lowest BCUT2D eigenvalue weighted by Gasteiger charge is -2.30. The van der Waals surface area contributed by atoms with Crippen LogP contribution in [0.3, 0.4) is 0 Å². The van der Waals surface area contributed by atoms with Gasteiger partial charge in [-0.1, -0.05) is 6.07 Å². The molecule has 0 unspecified atom stereocenters. The van der Waals surface area contributed by atoms with Gasteiger partial charge in [0.1, 0.15) is 11.4 Å². The van der Waals surface area contributed by atoms with Crippen molar-refractivity contribution in [1.29, 1.82) is 0 Å². The fourth-order valence-electron chi connectivity index (χ4n) is 4.24. The molecule has 1 aromatic carbocycles. The van der Waals surface area contributed by atoms with Crippen molar-refractivity contribution in [2.24, 2.45) is 0 Å². The molecule has 8 nitrogen and oxygen atoms in total. The van der Waals surface area contributed by atoms with Crippen molar-refractivity contribution in [2.45, 2.75) is 58.6 Å². The summed E-state index contributed by atoms with van der Waals surface area (Å²) in [5.74, 6) is 0.145. The summed E-state index contributed by atoms with van der Waals surface area (Å²) >= 11 is 0. The maximum atomic E-state index is 13.0. The van der Waals surface area contributed by atoms with E-state index in [9.17, 15) is 9.59 Å². The van der Waals surface area contributed by atoms with Crippen molar-refractivity contribution < 1.29 is 14.3 Å². The van der Waals surface area contributed by atoms with Crippen molar-refractivity contribution in [3.63, 3.8) is 0 Å². The number of aromatic nitrogens is 1. The number of hydrogen-bond donors (Lipinski definition) is 2. The highest BCUT2D eigenvalue weighted by Crippen LogP contribution is 2.26. The summed E-state index contributed by atoms with van der Waals surface area (Å²) in [7, 11) is 0. The molecule has 0 radical (unpaired) electrons. The third kappa shape index (κ3) is 5.56. The third-order valence-electron chi connectivity index (χ3n) is 5.96. The summed E-state index contributed by atoms with van der Waals surface area (Å²) < 4.78 is 5.49. The lowest BCUT2D eigenvalue weighted by atomic mass is 10.1. The summed E-state index contributed by atoms with van der Waals surface area (Å²) in [5, 5.41) is 2.88. The molecule has 0 bridgehead atoms. The molecule has 2 aliphatic heterocycles. The molecule has 4 rings (SSSR count). The monoisotopic (exact) mass is 451 g/mol. The van der Waals surface area contributed by atoms with Crippen molar-refractivity contribution >= 4 is 29.2 Å². The number of nitrogens with one attached hydrogen (secondary N) is 1. The van der Waals surface area contributed by atoms with Gasteiger partial charge in [0.2, 0.25) is 0 Å². The summed E-state index contributed by atoms with van der Waals surface area (Å²) in [6.07, 6.45) is 3.90. The van der Waals surface area contributed by atoms with E-state index in [4.69, 9.17) is 10.5 Å². The van der Waals surface area contributed by atoms with Crippen molar-refractivity contribution in [3.05, 3.63) is 47.2 Å². The average molecular weight is 452 g/mol. The van der Waals surface area contributed by atoms with Gasteiger partial charge in [0.15, 0.2) is 0 Å². The maximum absolute atomic E-state index is 13.0. The summed E-state index contributed by atoms with van der Waals surface area (Å²) in [6.45, 7) is 8.45. The topological polar surface area (TPSA) is 101 Å². The minimum atomic E-state index is -0.552. The molecule has 0 aliphatic carbocycles. The number of pyridine rings is 1. The Kier molecular flexibility index (Phi) is 6.44. The average Bonchev–Trinajstić information content (AvgIpc) is 2.78. The number of benzene rings is 1. The van der Waals surface area contributed by atoms with Crippen molar-refractivity contribution in [1.82, 2.24) is 9.88 Å². The molecule has 1 fully saturated rings. The van der Waals surface area contributed by atoms with Gasteiger partial charge < -0.3 is 25.6 Å². The Balaban J connectivity index is 1.47. The maximum Gasteiger partial charge on any atom is 0.410 e. The minimum Gasteiger partial charge on any atom is -0.444 e. The van der Waals surface area contributed by atoms with E-state index in [0.717, 1.165) is 42.9 Å². The predicted octanol–water partition coefficient (Wildman–Crippen LogP) is 4.20. The van der Waals surface area contributed by atoms with Crippen LogP contribution < -0.4 is 16.0 Å². The van der Waals surface area contributed by atoms with E-state index in [1.54, 1.807) is 17.0 Å². The predicted molar refractivity (Wildman–Crippen MR) is 129 cm³/mol. The van der Waals surface area contributed by atoms with Gasteiger partial charge in [-0.2, -0.15) is 0 Å². The van der Waals surface area contributed by atoms with Crippen LogP contribution >= 0.6 is 0 Å². The Morgan fingerprint density at radius 3 is 2.55 bits per heavy atom.